The Morgan fingerprint density at radius 2 is 1.95 bits per heavy atom. The molecule has 0 atom stereocenters. The zero-order valence-corrected chi connectivity index (χ0v) is 23.1. The molecule has 0 unspecified atom stereocenters. The van der Waals surface area contributed by atoms with Crippen LogP contribution in [-0.2, 0) is 5.41 Å². The van der Waals surface area contributed by atoms with Gasteiger partial charge < -0.3 is 14.8 Å². The van der Waals surface area contributed by atoms with E-state index >= 15 is 0 Å². The summed E-state index contributed by atoms with van der Waals surface area (Å²) >= 11 is 0. The first-order valence-corrected chi connectivity index (χ1v) is 12.8. The number of aromatic amines is 1. The number of nitrogens with one attached hydrogen (secondary N) is 3. The number of carbonyl (C=O) groups excluding carboxylic acids is 1. The molecule has 38 heavy (non-hydrogen) atoms. The normalized spacial score (nSPS) is 12.6. The number of aryl methyl sites for hydroxylation is 2. The minimum atomic E-state index is -0.401. The van der Waals surface area contributed by atoms with Crippen LogP contribution in [0, 0.1) is 13.8 Å². The van der Waals surface area contributed by atoms with Crippen LogP contribution < -0.4 is 10.6 Å². The number of nitrogens with zero attached hydrogens (tertiary/aromatic N) is 3. The highest BCUT2D eigenvalue weighted by Crippen LogP contribution is 2.27. The number of hydrogen-bond donors (Lipinski definition) is 3. The van der Waals surface area contributed by atoms with Crippen molar-refractivity contribution in [3.8, 4) is 5.69 Å². The summed E-state index contributed by atoms with van der Waals surface area (Å²) in [5, 5.41) is 14.2. The molecule has 1 aromatic carbocycles. The lowest BCUT2D eigenvalue weighted by molar-refractivity contribution is 0.262. The minimum Gasteiger partial charge on any atom is -0.365 e. The van der Waals surface area contributed by atoms with Crippen molar-refractivity contribution in [1.82, 2.24) is 19.9 Å². The molecule has 0 bridgehead atoms. The Labute approximate surface area is 223 Å². The molecule has 0 spiro atoms. The minimum absolute atomic E-state index is 0.196. The van der Waals surface area contributed by atoms with Gasteiger partial charge in [-0.15, -0.1) is 0 Å². The number of allylic oxidation sites excluding steroid dienone is 3. The van der Waals surface area contributed by atoms with E-state index in [4.69, 9.17) is 4.52 Å². The summed E-state index contributed by atoms with van der Waals surface area (Å²) in [5.41, 5.74) is 7.99. The Balaban J connectivity index is 1.57. The summed E-state index contributed by atoms with van der Waals surface area (Å²) in [5.74, 6) is 1.06. The van der Waals surface area contributed by atoms with Crippen LogP contribution in [0.3, 0.4) is 0 Å². The molecule has 8 heteroatoms. The first-order valence-electron chi connectivity index (χ1n) is 12.8. The van der Waals surface area contributed by atoms with Crippen molar-refractivity contribution in [2.24, 2.45) is 0 Å². The third-order valence-electron chi connectivity index (χ3n) is 6.39. The number of amides is 2. The van der Waals surface area contributed by atoms with Crippen molar-refractivity contribution in [3.05, 3.63) is 88.7 Å². The highest BCUT2D eigenvalue weighted by molar-refractivity contribution is 5.99. The van der Waals surface area contributed by atoms with Gasteiger partial charge >= 0.3 is 6.03 Å². The van der Waals surface area contributed by atoms with Crippen LogP contribution in [0.4, 0.5) is 16.3 Å². The van der Waals surface area contributed by atoms with Gasteiger partial charge in [-0.3, -0.25) is 5.32 Å². The maximum atomic E-state index is 12.6. The molecule has 0 saturated heterocycles. The van der Waals surface area contributed by atoms with Gasteiger partial charge in [-0.2, -0.15) is 5.10 Å². The molecule has 0 aliphatic heterocycles. The number of benzene rings is 1. The van der Waals surface area contributed by atoms with Crippen molar-refractivity contribution in [1.29, 1.82) is 0 Å². The molecule has 4 rings (SSSR count). The van der Waals surface area contributed by atoms with Gasteiger partial charge in [0.1, 0.15) is 5.76 Å². The summed E-state index contributed by atoms with van der Waals surface area (Å²) in [6.45, 7) is 14.4. The number of carbonyl (C=O) groups is 1. The summed E-state index contributed by atoms with van der Waals surface area (Å²) in [6, 6.07) is 9.13. The van der Waals surface area contributed by atoms with Crippen LogP contribution in [-0.4, -0.2) is 26.0 Å². The van der Waals surface area contributed by atoms with Crippen molar-refractivity contribution in [3.63, 3.8) is 0 Å². The molecular formula is C30H36N6O2. The second-order valence-electron chi connectivity index (χ2n) is 10.6. The fourth-order valence-electron chi connectivity index (χ4n) is 3.87. The van der Waals surface area contributed by atoms with E-state index in [-0.39, 0.29) is 5.41 Å². The van der Waals surface area contributed by atoms with E-state index in [2.05, 4.69) is 64.9 Å². The molecule has 0 aliphatic rings. The number of hydrogen-bond acceptors (Lipinski definition) is 4. The van der Waals surface area contributed by atoms with Crippen LogP contribution in [0.1, 0.15) is 69.2 Å². The Bertz CT molecular complexity index is 1490. The Morgan fingerprint density at radius 3 is 2.61 bits per heavy atom. The van der Waals surface area contributed by atoms with E-state index < -0.39 is 6.03 Å². The van der Waals surface area contributed by atoms with Gasteiger partial charge in [0.05, 0.1) is 11.9 Å². The molecule has 4 aromatic rings. The molecular weight excluding hydrogens is 476 g/mol. The summed E-state index contributed by atoms with van der Waals surface area (Å²) in [7, 11) is 0. The van der Waals surface area contributed by atoms with Crippen LogP contribution in [0.2, 0.25) is 0 Å². The van der Waals surface area contributed by atoms with E-state index in [9.17, 15) is 4.79 Å². The van der Waals surface area contributed by atoms with E-state index in [1.165, 1.54) is 5.57 Å². The smallest absolute Gasteiger partial charge is 0.324 e. The van der Waals surface area contributed by atoms with Crippen LogP contribution in [0.15, 0.2) is 65.1 Å². The lowest BCUT2D eigenvalue weighted by Crippen LogP contribution is -2.19. The Kier molecular flexibility index (Phi) is 7.71. The van der Waals surface area contributed by atoms with Gasteiger partial charge in [0.2, 0.25) is 0 Å². The largest absolute Gasteiger partial charge is 0.365 e. The van der Waals surface area contributed by atoms with E-state index in [0.29, 0.717) is 17.3 Å². The average Bonchev–Trinajstić information content (AvgIpc) is 3.61. The second-order valence-corrected chi connectivity index (χ2v) is 10.6. The lowest BCUT2D eigenvalue weighted by Gasteiger charge is -2.12. The topological polar surface area (TPSA) is 101 Å². The van der Waals surface area contributed by atoms with Crippen molar-refractivity contribution >= 4 is 29.2 Å². The summed E-state index contributed by atoms with van der Waals surface area (Å²) < 4.78 is 7.19. The second kappa shape index (κ2) is 11.0. The van der Waals surface area contributed by atoms with Gasteiger partial charge in [-0.05, 0) is 68.2 Å². The molecule has 0 aliphatic carbocycles. The zero-order valence-electron chi connectivity index (χ0n) is 23.1. The standard InChI is InChI=1S/C30H36N6O2/c1-8-19(2)13-23(14-22-11-12-31-21(22)4)24-17-32-36(18-24)26-15-25(10-9-20(26)3)33-29(37)34-28-16-27(38-35-28)30(5,6)7/h9-18,31H,8H2,1-7H3,(H2,33,34,35,37)/b19-13-,23-14+. The van der Waals surface area contributed by atoms with Crippen molar-refractivity contribution in [2.45, 2.75) is 60.3 Å². The van der Waals surface area contributed by atoms with Gasteiger partial charge in [0.15, 0.2) is 5.82 Å². The summed E-state index contributed by atoms with van der Waals surface area (Å²) in [6.07, 6.45) is 11.2. The SMILES string of the molecule is CC/C(C)=C\C(=C/c1cc[nH]c1C)c1cnn(-c2cc(NC(=O)Nc3cc(C(C)(C)C)on3)ccc2C)c1. The third-order valence-corrected chi connectivity index (χ3v) is 6.39. The molecule has 198 valence electrons. The molecule has 0 saturated carbocycles. The average molecular weight is 513 g/mol. The predicted octanol–water partition coefficient (Wildman–Crippen LogP) is 7.64. The fraction of sp³-hybridized carbons (Fsp3) is 0.300. The first kappa shape index (κ1) is 26.7. The molecule has 2 amide bonds. The molecule has 0 fully saturated rings. The number of anilines is 2. The Morgan fingerprint density at radius 1 is 1.16 bits per heavy atom. The molecule has 8 nitrogen and oxygen atoms in total. The summed E-state index contributed by atoms with van der Waals surface area (Å²) in [4.78, 5) is 15.9. The zero-order chi connectivity index (χ0) is 27.4. The van der Waals surface area contributed by atoms with E-state index in [1.54, 1.807) is 6.07 Å². The van der Waals surface area contributed by atoms with Crippen LogP contribution in [0.5, 0.6) is 0 Å². The maximum absolute atomic E-state index is 12.6. The fourth-order valence-corrected chi connectivity index (χ4v) is 3.87. The van der Waals surface area contributed by atoms with Gasteiger partial charge in [0.25, 0.3) is 0 Å². The van der Waals surface area contributed by atoms with Gasteiger partial charge in [-0.1, -0.05) is 50.6 Å². The quantitative estimate of drug-likeness (QED) is 0.221. The van der Waals surface area contributed by atoms with Gasteiger partial charge in [0, 0.05) is 40.8 Å². The van der Waals surface area contributed by atoms with Crippen LogP contribution >= 0.6 is 0 Å². The molecule has 3 aromatic heterocycles. The van der Waals surface area contributed by atoms with E-state index in [0.717, 1.165) is 40.1 Å². The first-order chi connectivity index (χ1) is 18.0. The third kappa shape index (κ3) is 6.32. The number of H-pyrrole nitrogens is 1. The number of urea groups is 1. The number of aromatic nitrogens is 4. The maximum Gasteiger partial charge on any atom is 0.324 e. The van der Waals surface area contributed by atoms with Crippen molar-refractivity contribution in [2.75, 3.05) is 10.6 Å². The monoisotopic (exact) mass is 512 g/mol. The lowest BCUT2D eigenvalue weighted by atomic mass is 9.93. The number of rotatable bonds is 7. The van der Waals surface area contributed by atoms with Crippen molar-refractivity contribution < 1.29 is 9.32 Å². The Hall–Kier alpha value is -4.33. The highest BCUT2D eigenvalue weighted by Gasteiger charge is 2.20. The molecule has 3 N–H and O–H groups in total. The van der Waals surface area contributed by atoms with Crippen LogP contribution in [0.25, 0.3) is 17.3 Å². The highest BCUT2D eigenvalue weighted by atomic mass is 16.5. The predicted molar refractivity (Wildman–Crippen MR) is 154 cm³/mol. The van der Waals surface area contributed by atoms with E-state index in [1.807, 2.05) is 69.2 Å². The molecule has 3 heterocycles. The van der Waals surface area contributed by atoms with Gasteiger partial charge in [-0.25, -0.2) is 9.48 Å². The molecule has 0 radical (unpaired) electrons.